The molecule has 0 amide bonds. The van der Waals surface area contributed by atoms with Crippen molar-refractivity contribution in [1.29, 1.82) is 0 Å². The molecule has 5 heteroatoms. The Balaban J connectivity index is 1.58. The van der Waals surface area contributed by atoms with E-state index in [1.54, 1.807) is 30.8 Å². The van der Waals surface area contributed by atoms with Crippen molar-refractivity contribution in [2.45, 2.75) is 25.6 Å². The van der Waals surface area contributed by atoms with Crippen LogP contribution in [0.25, 0.3) is 10.8 Å². The maximum Gasteiger partial charge on any atom is 0.145 e. The first kappa shape index (κ1) is 18.6. The third-order valence-electron chi connectivity index (χ3n) is 5.02. The number of hydrogen-bond acceptors (Lipinski definition) is 5. The first-order chi connectivity index (χ1) is 13.7. The SMILES string of the molecule is CCC(OC)(c1cncc(OCc2ccc3ccccc3c2)c1)c1nccs1. The van der Waals surface area contributed by atoms with E-state index in [2.05, 4.69) is 47.2 Å². The van der Waals surface area contributed by atoms with E-state index in [4.69, 9.17) is 9.47 Å². The highest BCUT2D eigenvalue weighted by Gasteiger charge is 2.35. The van der Waals surface area contributed by atoms with Gasteiger partial charge < -0.3 is 9.47 Å². The Kier molecular flexibility index (Phi) is 5.37. The molecule has 0 spiro atoms. The molecule has 0 radical (unpaired) electrons. The van der Waals surface area contributed by atoms with Crippen LogP contribution in [0.15, 0.2) is 72.5 Å². The Morgan fingerprint density at radius 1 is 1.04 bits per heavy atom. The molecular weight excluding hydrogens is 368 g/mol. The molecule has 0 saturated heterocycles. The third kappa shape index (κ3) is 3.51. The number of pyridine rings is 1. The second kappa shape index (κ2) is 8.09. The molecule has 0 N–H and O–H groups in total. The third-order valence-corrected chi connectivity index (χ3v) is 5.94. The zero-order valence-electron chi connectivity index (χ0n) is 16.0. The molecule has 2 aromatic heterocycles. The molecular formula is C23H22N2O2S. The van der Waals surface area contributed by atoms with E-state index in [0.717, 1.165) is 28.3 Å². The van der Waals surface area contributed by atoms with Gasteiger partial charge >= 0.3 is 0 Å². The second-order valence-corrected chi connectivity index (χ2v) is 7.50. The van der Waals surface area contributed by atoms with Gasteiger partial charge in [-0.25, -0.2) is 4.98 Å². The van der Waals surface area contributed by atoms with Crippen molar-refractivity contribution in [1.82, 2.24) is 9.97 Å². The van der Waals surface area contributed by atoms with E-state index in [9.17, 15) is 0 Å². The molecule has 1 unspecified atom stereocenters. The quantitative estimate of drug-likeness (QED) is 0.414. The maximum absolute atomic E-state index is 6.05. The monoisotopic (exact) mass is 390 g/mol. The number of aromatic nitrogens is 2. The number of benzene rings is 2. The smallest absolute Gasteiger partial charge is 0.145 e. The molecule has 2 aromatic carbocycles. The van der Waals surface area contributed by atoms with Crippen LogP contribution in [0.2, 0.25) is 0 Å². The lowest BCUT2D eigenvalue weighted by atomic mass is 9.92. The Morgan fingerprint density at radius 2 is 1.89 bits per heavy atom. The molecule has 1 atom stereocenters. The van der Waals surface area contributed by atoms with E-state index in [-0.39, 0.29) is 0 Å². The van der Waals surface area contributed by atoms with E-state index in [1.165, 1.54) is 10.8 Å². The summed E-state index contributed by atoms with van der Waals surface area (Å²) in [7, 11) is 1.72. The van der Waals surface area contributed by atoms with Gasteiger partial charge in [-0.1, -0.05) is 43.3 Å². The van der Waals surface area contributed by atoms with Gasteiger partial charge in [-0.3, -0.25) is 4.98 Å². The minimum absolute atomic E-state index is 0.485. The summed E-state index contributed by atoms with van der Waals surface area (Å²) in [6, 6.07) is 16.7. The Hall–Kier alpha value is -2.76. The molecule has 28 heavy (non-hydrogen) atoms. The van der Waals surface area contributed by atoms with E-state index >= 15 is 0 Å². The van der Waals surface area contributed by atoms with E-state index < -0.39 is 5.60 Å². The van der Waals surface area contributed by atoms with Crippen molar-refractivity contribution < 1.29 is 9.47 Å². The number of fused-ring (bicyclic) bond motifs is 1. The van der Waals surface area contributed by atoms with Gasteiger partial charge in [-0.05, 0) is 34.9 Å². The molecule has 142 valence electrons. The van der Waals surface area contributed by atoms with Gasteiger partial charge in [0.1, 0.15) is 23.0 Å². The molecule has 0 fully saturated rings. The summed E-state index contributed by atoms with van der Waals surface area (Å²) < 4.78 is 12.0. The minimum Gasteiger partial charge on any atom is -0.487 e. The number of methoxy groups -OCH3 is 1. The van der Waals surface area contributed by atoms with Gasteiger partial charge in [-0.2, -0.15) is 0 Å². The van der Waals surface area contributed by atoms with E-state index in [0.29, 0.717) is 6.61 Å². The Labute approximate surface area is 168 Å². The Morgan fingerprint density at radius 3 is 2.64 bits per heavy atom. The summed E-state index contributed by atoms with van der Waals surface area (Å²) in [4.78, 5) is 8.87. The first-order valence-corrected chi connectivity index (χ1v) is 10.1. The van der Waals surface area contributed by atoms with Gasteiger partial charge in [0.2, 0.25) is 0 Å². The molecule has 4 nitrogen and oxygen atoms in total. The van der Waals surface area contributed by atoms with Crippen LogP contribution in [0.1, 0.15) is 29.5 Å². The summed E-state index contributed by atoms with van der Waals surface area (Å²) in [6.07, 6.45) is 6.13. The number of hydrogen-bond donors (Lipinski definition) is 0. The van der Waals surface area contributed by atoms with Crippen LogP contribution in [0.3, 0.4) is 0 Å². The summed E-state index contributed by atoms with van der Waals surface area (Å²) in [5.74, 6) is 0.720. The summed E-state index contributed by atoms with van der Waals surface area (Å²) in [5.41, 5.74) is 1.46. The summed E-state index contributed by atoms with van der Waals surface area (Å²) in [5, 5.41) is 5.33. The fraction of sp³-hybridized carbons (Fsp3) is 0.217. The zero-order valence-corrected chi connectivity index (χ0v) is 16.8. The first-order valence-electron chi connectivity index (χ1n) is 9.26. The van der Waals surface area contributed by atoms with Crippen molar-refractivity contribution >= 4 is 22.1 Å². The van der Waals surface area contributed by atoms with Crippen molar-refractivity contribution in [3.8, 4) is 5.75 Å². The maximum atomic E-state index is 6.05. The number of thiazole rings is 1. The van der Waals surface area contributed by atoms with Gasteiger partial charge in [0.05, 0.1) is 6.20 Å². The highest BCUT2D eigenvalue weighted by Crippen LogP contribution is 2.38. The summed E-state index contributed by atoms with van der Waals surface area (Å²) in [6.45, 7) is 2.58. The van der Waals surface area contributed by atoms with Crippen LogP contribution in [0.5, 0.6) is 5.75 Å². The lowest BCUT2D eigenvalue weighted by Gasteiger charge is -2.29. The average molecular weight is 391 g/mol. The standard InChI is InChI=1S/C23H22N2O2S/c1-3-23(26-2,22-25-10-11-28-22)20-13-21(15-24-14-20)27-16-17-8-9-18-6-4-5-7-19(18)12-17/h4-15H,3,16H2,1-2H3. The van der Waals surface area contributed by atoms with Crippen LogP contribution >= 0.6 is 11.3 Å². The van der Waals surface area contributed by atoms with Crippen LogP contribution in [0, 0.1) is 0 Å². The lowest BCUT2D eigenvalue weighted by molar-refractivity contribution is 0.0179. The van der Waals surface area contributed by atoms with Gasteiger partial charge in [0.25, 0.3) is 0 Å². The van der Waals surface area contributed by atoms with Gasteiger partial charge in [-0.15, -0.1) is 11.3 Å². The molecule has 0 aliphatic carbocycles. The molecule has 4 rings (SSSR count). The number of ether oxygens (including phenoxy) is 2. The lowest BCUT2D eigenvalue weighted by Crippen LogP contribution is -2.29. The van der Waals surface area contributed by atoms with Crippen molar-refractivity contribution in [3.05, 3.63) is 88.6 Å². The fourth-order valence-corrected chi connectivity index (χ4v) is 4.37. The zero-order chi connectivity index (χ0) is 19.4. The highest BCUT2D eigenvalue weighted by atomic mass is 32.1. The van der Waals surface area contributed by atoms with Crippen molar-refractivity contribution in [2.24, 2.45) is 0 Å². The topological polar surface area (TPSA) is 44.2 Å². The number of nitrogens with zero attached hydrogens (tertiary/aromatic N) is 2. The molecule has 0 bridgehead atoms. The summed E-state index contributed by atoms with van der Waals surface area (Å²) >= 11 is 1.59. The predicted octanol–water partition coefficient (Wildman–Crippen LogP) is 5.57. The van der Waals surface area contributed by atoms with Crippen LogP contribution in [-0.2, 0) is 16.9 Å². The average Bonchev–Trinajstić information content (AvgIpc) is 3.29. The fourth-order valence-electron chi connectivity index (χ4n) is 3.47. The molecule has 0 saturated carbocycles. The van der Waals surface area contributed by atoms with Crippen LogP contribution in [0.4, 0.5) is 0 Å². The highest BCUT2D eigenvalue weighted by molar-refractivity contribution is 7.09. The largest absolute Gasteiger partial charge is 0.487 e. The Bertz CT molecular complexity index is 1060. The molecule has 0 aliphatic rings. The van der Waals surface area contributed by atoms with Crippen molar-refractivity contribution in [3.63, 3.8) is 0 Å². The van der Waals surface area contributed by atoms with Gasteiger partial charge in [0.15, 0.2) is 0 Å². The normalized spacial score (nSPS) is 13.4. The molecule has 2 heterocycles. The van der Waals surface area contributed by atoms with Gasteiger partial charge in [0, 0.05) is 30.4 Å². The van der Waals surface area contributed by atoms with Crippen LogP contribution in [-0.4, -0.2) is 17.1 Å². The van der Waals surface area contributed by atoms with Crippen LogP contribution < -0.4 is 4.74 Å². The number of rotatable bonds is 7. The van der Waals surface area contributed by atoms with Crippen molar-refractivity contribution in [2.75, 3.05) is 7.11 Å². The minimum atomic E-state index is -0.608. The molecule has 4 aromatic rings. The molecule has 0 aliphatic heterocycles. The van der Waals surface area contributed by atoms with E-state index in [1.807, 2.05) is 29.8 Å². The second-order valence-electron chi connectivity index (χ2n) is 6.60. The predicted molar refractivity (Wildman–Crippen MR) is 113 cm³/mol.